The van der Waals surface area contributed by atoms with E-state index in [1.54, 1.807) is 6.07 Å². The summed E-state index contributed by atoms with van der Waals surface area (Å²) in [7, 11) is -2.01. The highest BCUT2D eigenvalue weighted by Gasteiger charge is 2.30. The Balaban J connectivity index is 1.47. The molecule has 0 unspecified atom stereocenters. The van der Waals surface area contributed by atoms with Gasteiger partial charge in [-0.3, -0.25) is 13.9 Å². The van der Waals surface area contributed by atoms with Gasteiger partial charge >= 0.3 is 0 Å². The predicted octanol–water partition coefficient (Wildman–Crippen LogP) is 2.63. The summed E-state index contributed by atoms with van der Waals surface area (Å²) in [5.41, 5.74) is 3.68. The van der Waals surface area contributed by atoms with E-state index in [-0.39, 0.29) is 17.7 Å². The molecule has 0 aliphatic carbocycles. The van der Waals surface area contributed by atoms with Crippen LogP contribution in [0.25, 0.3) is 10.9 Å². The first-order chi connectivity index (χ1) is 19.8. The van der Waals surface area contributed by atoms with Crippen LogP contribution in [0.4, 0.5) is 5.69 Å². The predicted molar refractivity (Wildman–Crippen MR) is 158 cm³/mol. The largest absolute Gasteiger partial charge is 0.461 e. The van der Waals surface area contributed by atoms with Gasteiger partial charge in [-0.2, -0.15) is 0 Å². The Morgan fingerprint density at radius 2 is 1.95 bits per heavy atom. The second kappa shape index (κ2) is 12.6. The highest BCUT2D eigenvalue weighted by Crippen LogP contribution is 2.35. The van der Waals surface area contributed by atoms with E-state index in [0.29, 0.717) is 50.4 Å². The Morgan fingerprint density at radius 3 is 2.66 bits per heavy atom. The zero-order valence-corrected chi connectivity index (χ0v) is 24.4. The van der Waals surface area contributed by atoms with Gasteiger partial charge in [-0.15, -0.1) is 0 Å². The number of carbonyl (C=O) groups excluding carboxylic acids is 2. The van der Waals surface area contributed by atoms with Crippen molar-refractivity contribution < 1.29 is 27.5 Å². The molecule has 2 aromatic carbocycles. The van der Waals surface area contributed by atoms with Crippen LogP contribution < -0.4 is 14.9 Å². The number of rotatable bonds is 11. The van der Waals surface area contributed by atoms with Gasteiger partial charge in [0, 0.05) is 56.5 Å². The number of ether oxygens (including phenoxy) is 2. The quantitative estimate of drug-likeness (QED) is 0.334. The van der Waals surface area contributed by atoms with E-state index in [1.165, 1.54) is 11.4 Å². The molecule has 10 nitrogen and oxygen atoms in total. The van der Waals surface area contributed by atoms with Crippen molar-refractivity contribution in [3.8, 4) is 0 Å². The van der Waals surface area contributed by atoms with Crippen LogP contribution in [0.15, 0.2) is 48.7 Å². The Labute approximate surface area is 241 Å². The van der Waals surface area contributed by atoms with E-state index in [4.69, 9.17) is 9.47 Å². The van der Waals surface area contributed by atoms with E-state index in [1.807, 2.05) is 54.1 Å². The van der Waals surface area contributed by atoms with Crippen LogP contribution in [-0.4, -0.2) is 76.1 Å². The summed E-state index contributed by atoms with van der Waals surface area (Å²) in [6.07, 6.45) is 4.28. The average molecular weight is 583 g/mol. The minimum atomic E-state index is -3.54. The summed E-state index contributed by atoms with van der Waals surface area (Å²) in [6, 6.07) is 12.9. The smallest absolute Gasteiger partial charge is 0.293 e. The molecule has 5 rings (SSSR count). The molecule has 2 aliphatic heterocycles. The summed E-state index contributed by atoms with van der Waals surface area (Å²) in [5.74, 6) is -0.379. The zero-order valence-electron chi connectivity index (χ0n) is 23.5. The first-order valence-electron chi connectivity index (χ1n) is 14.2. The highest BCUT2D eigenvalue weighted by atomic mass is 32.2. The Morgan fingerprint density at radius 1 is 1.20 bits per heavy atom. The van der Waals surface area contributed by atoms with Gasteiger partial charge < -0.3 is 24.7 Å². The number of anilines is 1. The van der Waals surface area contributed by atoms with Crippen molar-refractivity contribution in [2.75, 3.05) is 36.9 Å². The topological polar surface area (TPSA) is 119 Å². The molecule has 1 aromatic heterocycles. The van der Waals surface area contributed by atoms with Gasteiger partial charge in [0.05, 0.1) is 23.0 Å². The van der Waals surface area contributed by atoms with Crippen molar-refractivity contribution in [3.05, 3.63) is 65.4 Å². The fourth-order valence-corrected chi connectivity index (χ4v) is 6.89. The second-order valence-corrected chi connectivity index (χ2v) is 12.8. The molecular formula is C30H38N4O6S. The minimum Gasteiger partial charge on any atom is -0.461 e. The summed E-state index contributed by atoms with van der Waals surface area (Å²) in [5, 5.41) is 7.47. The number of hydrogen-bond donors (Lipinski definition) is 2. The number of aryl methyl sites for hydroxylation is 2. The first kappa shape index (κ1) is 29.1. The zero-order chi connectivity index (χ0) is 29.0. The van der Waals surface area contributed by atoms with Gasteiger partial charge in [-0.25, -0.2) is 8.42 Å². The van der Waals surface area contributed by atoms with Gasteiger partial charge in [0.25, 0.3) is 12.4 Å². The van der Waals surface area contributed by atoms with Crippen LogP contribution in [0.2, 0.25) is 0 Å². The second-order valence-electron chi connectivity index (χ2n) is 10.7. The highest BCUT2D eigenvalue weighted by molar-refractivity contribution is 7.92. The molecule has 0 radical (unpaired) electrons. The molecule has 0 spiro atoms. The molecule has 220 valence electrons. The Bertz CT molecular complexity index is 1480. The maximum atomic E-state index is 13.9. The third kappa shape index (κ3) is 6.42. The van der Waals surface area contributed by atoms with E-state index in [2.05, 4.69) is 10.6 Å². The third-order valence-corrected chi connectivity index (χ3v) is 9.88. The van der Waals surface area contributed by atoms with Crippen LogP contribution in [0.1, 0.15) is 41.3 Å². The van der Waals surface area contributed by atoms with Gasteiger partial charge in [-0.1, -0.05) is 37.3 Å². The van der Waals surface area contributed by atoms with Crippen LogP contribution in [-0.2, 0) is 43.7 Å². The summed E-state index contributed by atoms with van der Waals surface area (Å²) >= 11 is 0. The van der Waals surface area contributed by atoms with E-state index in [9.17, 15) is 18.0 Å². The van der Waals surface area contributed by atoms with Gasteiger partial charge in [0.2, 0.25) is 10.0 Å². The van der Waals surface area contributed by atoms with Crippen LogP contribution >= 0.6 is 0 Å². The lowest BCUT2D eigenvalue weighted by molar-refractivity contribution is -0.134. The van der Waals surface area contributed by atoms with Crippen molar-refractivity contribution in [2.24, 2.45) is 0 Å². The standard InChI is InChI=1S/C30H38N4O6S/c1-3-22-19-34-11-14-41(37,38)33(2)27-17-23(16-25(22)29(27)34)30(36)32-26(15-21-7-5-4-6-8-21)28(40-20-35)18-31-24-9-12-39-13-10-24/h4-8,16-17,19-20,24,26,28,31H,3,9-15,18H2,1-2H3,(H,32,36)/t26-,28+/m0/s1. The van der Waals surface area contributed by atoms with Crippen LogP contribution in [0.5, 0.6) is 0 Å². The first-order valence-corrected chi connectivity index (χ1v) is 15.8. The van der Waals surface area contributed by atoms with Crippen molar-refractivity contribution >= 4 is 39.0 Å². The minimum absolute atomic E-state index is 0.0172. The summed E-state index contributed by atoms with van der Waals surface area (Å²) in [6.45, 7) is 4.55. The average Bonchev–Trinajstić information content (AvgIpc) is 3.31. The third-order valence-electron chi connectivity index (χ3n) is 8.15. The van der Waals surface area contributed by atoms with Gasteiger partial charge in [0.1, 0.15) is 6.10 Å². The lowest BCUT2D eigenvalue weighted by atomic mass is 9.99. The molecule has 1 fully saturated rings. The molecule has 3 aromatic rings. The molecular weight excluding hydrogens is 544 g/mol. The van der Waals surface area contributed by atoms with Crippen molar-refractivity contribution in [1.82, 2.24) is 15.2 Å². The fraction of sp³-hybridized carbons (Fsp3) is 0.467. The molecule has 2 aliphatic rings. The van der Waals surface area contributed by atoms with Crippen LogP contribution in [0.3, 0.4) is 0 Å². The number of benzene rings is 2. The number of hydrogen-bond acceptors (Lipinski definition) is 7. The van der Waals surface area contributed by atoms with Crippen molar-refractivity contribution in [1.29, 1.82) is 0 Å². The number of nitrogens with one attached hydrogen (secondary N) is 2. The number of carbonyl (C=O) groups is 2. The van der Waals surface area contributed by atoms with Crippen molar-refractivity contribution in [2.45, 2.75) is 57.3 Å². The number of amides is 1. The maximum Gasteiger partial charge on any atom is 0.293 e. The van der Waals surface area contributed by atoms with Crippen molar-refractivity contribution in [3.63, 3.8) is 0 Å². The normalized spacial score (nSPS) is 18.4. The molecule has 41 heavy (non-hydrogen) atoms. The number of aromatic nitrogens is 1. The summed E-state index contributed by atoms with van der Waals surface area (Å²) < 4.78 is 40.1. The monoisotopic (exact) mass is 582 g/mol. The number of nitrogens with zero attached hydrogens (tertiary/aromatic N) is 2. The SMILES string of the molecule is CCc1cn2c3c(cc(C(=O)N[C@@H](Cc4ccccc4)[C@@H](CNC4CCOCC4)OC=O)cc13)N(C)S(=O)(=O)CC2. The van der Waals surface area contributed by atoms with Crippen LogP contribution in [0, 0.1) is 0 Å². The lowest BCUT2D eigenvalue weighted by Gasteiger charge is -2.30. The molecule has 2 N–H and O–H groups in total. The molecule has 3 heterocycles. The molecule has 11 heteroatoms. The van der Waals surface area contributed by atoms with E-state index < -0.39 is 22.2 Å². The van der Waals surface area contributed by atoms with E-state index >= 15 is 0 Å². The molecule has 1 amide bonds. The molecule has 2 atom stereocenters. The Hall–Kier alpha value is -3.41. The van der Waals surface area contributed by atoms with E-state index in [0.717, 1.165) is 41.3 Å². The fourth-order valence-electron chi connectivity index (χ4n) is 5.75. The van der Waals surface area contributed by atoms with Gasteiger partial charge in [-0.05, 0) is 48.9 Å². The number of sulfonamides is 1. The summed E-state index contributed by atoms with van der Waals surface area (Å²) in [4.78, 5) is 25.5. The molecule has 1 saturated heterocycles. The molecule has 0 saturated carbocycles. The van der Waals surface area contributed by atoms with Gasteiger partial charge in [0.15, 0.2) is 0 Å². The lowest BCUT2D eigenvalue weighted by Crippen LogP contribution is -2.51. The maximum absolute atomic E-state index is 13.9. The Kier molecular flexibility index (Phi) is 8.96. The molecule has 0 bridgehead atoms.